The van der Waals surface area contributed by atoms with Gasteiger partial charge in [0.05, 0.1) is 12.7 Å². The number of para-hydroxylation sites is 2. The first kappa shape index (κ1) is 20.2. The zero-order valence-electron chi connectivity index (χ0n) is 17.2. The number of amides is 1. The zero-order chi connectivity index (χ0) is 21.6. The van der Waals surface area contributed by atoms with E-state index in [1.165, 1.54) is 0 Å². The summed E-state index contributed by atoms with van der Waals surface area (Å²) in [4.78, 5) is 16.8. The molecule has 4 aromatic rings. The fourth-order valence-electron chi connectivity index (χ4n) is 3.03. The van der Waals surface area contributed by atoms with Gasteiger partial charge in [-0.2, -0.15) is 4.98 Å². The van der Waals surface area contributed by atoms with Gasteiger partial charge in [0.15, 0.2) is 6.61 Å². The molecule has 7 heteroatoms. The Morgan fingerprint density at radius 3 is 2.68 bits per heavy atom. The van der Waals surface area contributed by atoms with Gasteiger partial charge in [0, 0.05) is 11.3 Å². The normalized spacial score (nSPS) is 10.5. The second kappa shape index (κ2) is 9.13. The Morgan fingerprint density at radius 1 is 1.03 bits per heavy atom. The Balaban J connectivity index is 1.49. The molecule has 156 valence electrons. The molecule has 0 aliphatic heterocycles. The first-order valence-corrected chi connectivity index (χ1v) is 9.70. The van der Waals surface area contributed by atoms with Crippen molar-refractivity contribution in [1.29, 1.82) is 0 Å². The van der Waals surface area contributed by atoms with E-state index in [1.54, 1.807) is 13.2 Å². The van der Waals surface area contributed by atoms with Crippen molar-refractivity contribution in [2.45, 2.75) is 6.92 Å². The van der Waals surface area contributed by atoms with E-state index in [9.17, 15) is 4.79 Å². The number of carbonyl (C=O) groups excluding carboxylic acids is 1. The molecule has 0 aliphatic rings. The van der Waals surface area contributed by atoms with Crippen molar-refractivity contribution in [3.05, 3.63) is 78.4 Å². The van der Waals surface area contributed by atoms with E-state index in [0.717, 1.165) is 16.8 Å². The lowest BCUT2D eigenvalue weighted by Gasteiger charge is -2.11. The van der Waals surface area contributed by atoms with Crippen LogP contribution in [0.3, 0.4) is 0 Å². The van der Waals surface area contributed by atoms with Gasteiger partial charge >= 0.3 is 0 Å². The van der Waals surface area contributed by atoms with Crippen molar-refractivity contribution in [2.24, 2.45) is 0 Å². The minimum Gasteiger partial charge on any atom is -0.497 e. The highest BCUT2D eigenvalue weighted by Crippen LogP contribution is 2.30. The van der Waals surface area contributed by atoms with E-state index in [2.05, 4.69) is 15.5 Å². The maximum absolute atomic E-state index is 12.3. The van der Waals surface area contributed by atoms with Crippen LogP contribution < -0.4 is 14.8 Å². The summed E-state index contributed by atoms with van der Waals surface area (Å²) in [5.41, 5.74) is 3.11. The molecule has 0 radical (unpaired) electrons. The summed E-state index contributed by atoms with van der Waals surface area (Å²) in [7, 11) is 1.60. The number of methoxy groups -OCH3 is 1. The zero-order valence-corrected chi connectivity index (χ0v) is 17.2. The average molecular weight is 415 g/mol. The monoisotopic (exact) mass is 415 g/mol. The van der Waals surface area contributed by atoms with Gasteiger partial charge in [0.2, 0.25) is 5.82 Å². The summed E-state index contributed by atoms with van der Waals surface area (Å²) >= 11 is 0. The summed E-state index contributed by atoms with van der Waals surface area (Å²) in [6.45, 7) is 1.79. The summed E-state index contributed by atoms with van der Waals surface area (Å²) in [6, 6.07) is 22.2. The first-order valence-electron chi connectivity index (χ1n) is 9.70. The molecule has 4 rings (SSSR count). The van der Waals surface area contributed by atoms with Gasteiger partial charge in [-0.3, -0.25) is 4.79 Å². The van der Waals surface area contributed by atoms with Crippen LogP contribution >= 0.6 is 0 Å². The molecular weight excluding hydrogens is 394 g/mol. The van der Waals surface area contributed by atoms with Crippen LogP contribution in [-0.4, -0.2) is 29.8 Å². The molecule has 1 amide bonds. The minimum atomic E-state index is -0.255. The van der Waals surface area contributed by atoms with E-state index in [-0.39, 0.29) is 12.5 Å². The van der Waals surface area contributed by atoms with Crippen LogP contribution in [0.4, 0.5) is 5.69 Å². The van der Waals surface area contributed by atoms with Crippen LogP contribution in [0.2, 0.25) is 0 Å². The SMILES string of the molecule is COc1cccc(-c2nc(-c3ccccc3OCC(=O)Nc3ccccc3C)no2)c1. The van der Waals surface area contributed by atoms with E-state index in [0.29, 0.717) is 28.8 Å². The Labute approximate surface area is 179 Å². The van der Waals surface area contributed by atoms with Gasteiger partial charge in [-0.15, -0.1) is 0 Å². The number of rotatable bonds is 7. The fraction of sp³-hybridized carbons (Fsp3) is 0.125. The second-order valence-corrected chi connectivity index (χ2v) is 6.80. The highest BCUT2D eigenvalue weighted by Gasteiger charge is 2.16. The van der Waals surface area contributed by atoms with E-state index < -0.39 is 0 Å². The lowest BCUT2D eigenvalue weighted by atomic mass is 10.2. The quantitative estimate of drug-likeness (QED) is 0.469. The van der Waals surface area contributed by atoms with E-state index in [4.69, 9.17) is 14.0 Å². The topological polar surface area (TPSA) is 86.5 Å². The predicted octanol–water partition coefficient (Wildman–Crippen LogP) is 4.74. The molecule has 3 aromatic carbocycles. The van der Waals surface area contributed by atoms with Crippen molar-refractivity contribution in [3.8, 4) is 34.3 Å². The number of nitrogens with one attached hydrogen (secondary N) is 1. The van der Waals surface area contributed by atoms with Crippen LogP contribution in [0.15, 0.2) is 77.3 Å². The van der Waals surface area contributed by atoms with Gasteiger partial charge in [0.25, 0.3) is 11.8 Å². The van der Waals surface area contributed by atoms with Gasteiger partial charge in [-0.1, -0.05) is 41.6 Å². The van der Waals surface area contributed by atoms with E-state index >= 15 is 0 Å². The molecule has 0 saturated heterocycles. The van der Waals surface area contributed by atoms with Gasteiger partial charge in [-0.25, -0.2) is 0 Å². The molecular formula is C24H21N3O4. The van der Waals surface area contributed by atoms with Crippen molar-refractivity contribution < 1.29 is 18.8 Å². The van der Waals surface area contributed by atoms with Crippen molar-refractivity contribution in [1.82, 2.24) is 10.1 Å². The Kier molecular flexibility index (Phi) is 5.93. The highest BCUT2D eigenvalue weighted by atomic mass is 16.5. The molecule has 0 bridgehead atoms. The predicted molar refractivity (Wildman–Crippen MR) is 117 cm³/mol. The number of nitrogens with zero attached hydrogens (tertiary/aromatic N) is 2. The summed E-state index contributed by atoms with van der Waals surface area (Å²) in [5, 5.41) is 6.93. The number of aromatic nitrogens is 2. The van der Waals surface area contributed by atoms with Crippen LogP contribution in [0.1, 0.15) is 5.56 Å². The number of aryl methyl sites for hydroxylation is 1. The molecule has 7 nitrogen and oxygen atoms in total. The third kappa shape index (κ3) is 4.72. The average Bonchev–Trinajstić information content (AvgIpc) is 3.30. The number of ether oxygens (including phenoxy) is 2. The Hall–Kier alpha value is -4.13. The molecule has 0 spiro atoms. The molecule has 0 saturated carbocycles. The maximum atomic E-state index is 12.3. The summed E-state index contributed by atoms with van der Waals surface area (Å²) in [6.07, 6.45) is 0. The molecule has 1 aromatic heterocycles. The molecule has 0 unspecified atom stereocenters. The maximum Gasteiger partial charge on any atom is 0.262 e. The molecule has 0 fully saturated rings. The standard InChI is InChI=1S/C24H21N3O4/c1-16-8-3-5-12-20(16)25-22(28)15-30-21-13-6-4-11-19(21)23-26-24(31-27-23)17-9-7-10-18(14-17)29-2/h3-14H,15H2,1-2H3,(H,25,28). The molecule has 1 heterocycles. The number of anilines is 1. The van der Waals surface area contributed by atoms with Gasteiger partial charge in [0.1, 0.15) is 11.5 Å². The Morgan fingerprint density at radius 2 is 1.84 bits per heavy atom. The van der Waals surface area contributed by atoms with Crippen molar-refractivity contribution in [3.63, 3.8) is 0 Å². The minimum absolute atomic E-state index is 0.147. The number of hydrogen-bond acceptors (Lipinski definition) is 6. The molecule has 31 heavy (non-hydrogen) atoms. The highest BCUT2D eigenvalue weighted by molar-refractivity contribution is 5.92. The Bertz CT molecular complexity index is 1200. The molecule has 0 aliphatic carbocycles. The summed E-state index contributed by atoms with van der Waals surface area (Å²) in [5.74, 6) is 1.66. The lowest BCUT2D eigenvalue weighted by molar-refractivity contribution is -0.118. The van der Waals surface area contributed by atoms with Crippen LogP contribution in [0.5, 0.6) is 11.5 Å². The van der Waals surface area contributed by atoms with Gasteiger partial charge in [-0.05, 0) is 48.9 Å². The van der Waals surface area contributed by atoms with Crippen LogP contribution in [0.25, 0.3) is 22.8 Å². The second-order valence-electron chi connectivity index (χ2n) is 6.80. The summed E-state index contributed by atoms with van der Waals surface area (Å²) < 4.78 is 16.4. The number of hydrogen-bond donors (Lipinski definition) is 1. The fourth-order valence-corrected chi connectivity index (χ4v) is 3.03. The lowest BCUT2D eigenvalue weighted by Crippen LogP contribution is -2.20. The van der Waals surface area contributed by atoms with Crippen LogP contribution in [0, 0.1) is 6.92 Å². The van der Waals surface area contributed by atoms with Crippen molar-refractivity contribution >= 4 is 11.6 Å². The van der Waals surface area contributed by atoms with Gasteiger partial charge < -0.3 is 19.3 Å². The smallest absolute Gasteiger partial charge is 0.262 e. The third-order valence-electron chi connectivity index (χ3n) is 4.65. The van der Waals surface area contributed by atoms with E-state index in [1.807, 2.05) is 73.7 Å². The van der Waals surface area contributed by atoms with Crippen LogP contribution in [-0.2, 0) is 4.79 Å². The van der Waals surface area contributed by atoms with Crippen molar-refractivity contribution in [2.75, 3.05) is 19.0 Å². The molecule has 1 N–H and O–H groups in total. The third-order valence-corrected chi connectivity index (χ3v) is 4.65. The largest absolute Gasteiger partial charge is 0.497 e. The molecule has 0 atom stereocenters. The number of benzene rings is 3. The first-order chi connectivity index (χ1) is 15.1. The number of carbonyl (C=O) groups is 1.